The molecule has 0 spiro atoms. The number of benzene rings is 1. The quantitative estimate of drug-likeness (QED) is 0.635. The van der Waals surface area contributed by atoms with E-state index in [0.29, 0.717) is 12.1 Å². The molecule has 23 heavy (non-hydrogen) atoms. The molecule has 3 N–H and O–H groups in total. The molecule has 0 aliphatic heterocycles. The number of allylic oxidation sites excluding steroid dienone is 1. The third-order valence-corrected chi connectivity index (χ3v) is 4.36. The van der Waals surface area contributed by atoms with Crippen LogP contribution in [0, 0.1) is 23.6 Å². The molecule has 2 aliphatic carbocycles. The highest BCUT2D eigenvalue weighted by molar-refractivity contribution is 5.94. The van der Waals surface area contributed by atoms with E-state index in [1.165, 1.54) is 0 Å². The molecule has 2 bridgehead atoms. The maximum Gasteiger partial charge on any atom is 0.419 e. The van der Waals surface area contributed by atoms with Gasteiger partial charge in [-0.1, -0.05) is 12.2 Å². The molecule has 2 aliphatic rings. The summed E-state index contributed by atoms with van der Waals surface area (Å²) in [5, 5.41) is 2.42. The van der Waals surface area contributed by atoms with Crippen molar-refractivity contribution < 1.29 is 22.4 Å². The minimum atomic E-state index is -4.81. The van der Waals surface area contributed by atoms with E-state index >= 15 is 0 Å². The van der Waals surface area contributed by atoms with Crippen LogP contribution in [0.3, 0.4) is 0 Å². The zero-order chi connectivity index (χ0) is 16.1. The summed E-state index contributed by atoms with van der Waals surface area (Å²) in [5.41, 5.74) is 4.50. The zero-order valence-corrected chi connectivity index (χ0v) is 12.6. The van der Waals surface area contributed by atoms with Crippen molar-refractivity contribution in [3.8, 4) is 0 Å². The van der Waals surface area contributed by atoms with E-state index in [0.717, 1.165) is 12.5 Å². The van der Waals surface area contributed by atoms with Crippen molar-refractivity contribution in [3.63, 3.8) is 0 Å². The van der Waals surface area contributed by atoms with Gasteiger partial charge in [-0.3, -0.25) is 4.79 Å². The maximum absolute atomic E-state index is 13.2. The number of nitrogens with one attached hydrogen (secondary N) is 1. The molecular weight excluding hydrogens is 336 g/mol. The summed E-state index contributed by atoms with van der Waals surface area (Å²) in [5.74, 6) is -2.11. The van der Waals surface area contributed by atoms with Gasteiger partial charge in [-0.05, 0) is 36.5 Å². The predicted octanol–water partition coefficient (Wildman–Crippen LogP) is 3.35. The number of halogens is 5. The molecule has 0 unspecified atom stereocenters. The summed E-state index contributed by atoms with van der Waals surface area (Å²) < 4.78 is 51.2. The van der Waals surface area contributed by atoms with Crippen LogP contribution in [-0.4, -0.2) is 11.9 Å². The smallest absolute Gasteiger partial charge is 0.326 e. The van der Waals surface area contributed by atoms with Crippen molar-refractivity contribution in [2.45, 2.75) is 18.6 Å². The van der Waals surface area contributed by atoms with Crippen LogP contribution in [0.1, 0.15) is 12.0 Å². The molecular formula is C15H15ClF4N2O. The van der Waals surface area contributed by atoms with Crippen LogP contribution in [-0.2, 0) is 11.0 Å². The fourth-order valence-corrected chi connectivity index (χ4v) is 3.28. The van der Waals surface area contributed by atoms with Crippen LogP contribution in [0.25, 0.3) is 0 Å². The molecule has 1 saturated carbocycles. The molecule has 0 saturated heterocycles. The van der Waals surface area contributed by atoms with Gasteiger partial charge in [-0.25, -0.2) is 4.39 Å². The number of hydrogen-bond donors (Lipinski definition) is 2. The number of rotatable bonds is 2. The van der Waals surface area contributed by atoms with E-state index in [1.807, 2.05) is 12.2 Å². The maximum atomic E-state index is 13.2. The molecule has 8 heteroatoms. The molecule has 1 amide bonds. The first-order valence-corrected chi connectivity index (χ1v) is 6.89. The van der Waals surface area contributed by atoms with Crippen molar-refractivity contribution >= 4 is 24.0 Å². The van der Waals surface area contributed by atoms with Gasteiger partial charge in [-0.15, -0.1) is 12.4 Å². The molecule has 0 aromatic heterocycles. The Hall–Kier alpha value is -1.60. The standard InChI is InChI=1S/C15H14F4N2O.ClH/c16-11-4-3-9(6-10(11)15(17,18)19)21-14(22)12-7-1-2-8(5-7)13(12)20;/h1-4,6-8,12-13H,5,20H2,(H,21,22);1H/t7-,8+,12+,13-;/m0./s1. The van der Waals surface area contributed by atoms with Gasteiger partial charge < -0.3 is 11.1 Å². The van der Waals surface area contributed by atoms with E-state index in [4.69, 9.17) is 5.73 Å². The van der Waals surface area contributed by atoms with Crippen LogP contribution in [0.2, 0.25) is 0 Å². The highest BCUT2D eigenvalue weighted by Crippen LogP contribution is 2.43. The first-order valence-electron chi connectivity index (χ1n) is 6.89. The molecule has 1 fully saturated rings. The number of hydrogen-bond acceptors (Lipinski definition) is 2. The summed E-state index contributed by atoms with van der Waals surface area (Å²) in [6.45, 7) is 0. The second-order valence-corrected chi connectivity index (χ2v) is 5.73. The minimum absolute atomic E-state index is 0. The lowest BCUT2D eigenvalue weighted by atomic mass is 9.88. The van der Waals surface area contributed by atoms with Gasteiger partial charge >= 0.3 is 6.18 Å². The second kappa shape index (κ2) is 6.13. The number of anilines is 1. The van der Waals surface area contributed by atoms with Crippen molar-refractivity contribution in [2.24, 2.45) is 23.5 Å². The Morgan fingerprint density at radius 2 is 1.87 bits per heavy atom. The van der Waals surface area contributed by atoms with Gasteiger partial charge in [-0.2, -0.15) is 13.2 Å². The normalized spacial score (nSPS) is 28.6. The fraction of sp³-hybridized carbons (Fsp3) is 0.400. The van der Waals surface area contributed by atoms with E-state index in [-0.39, 0.29) is 36.0 Å². The van der Waals surface area contributed by atoms with E-state index in [1.54, 1.807) is 0 Å². The van der Waals surface area contributed by atoms with E-state index in [2.05, 4.69) is 5.32 Å². The highest BCUT2D eigenvalue weighted by atomic mass is 35.5. The lowest BCUT2D eigenvalue weighted by Gasteiger charge is -2.23. The van der Waals surface area contributed by atoms with Crippen molar-refractivity contribution in [2.75, 3.05) is 5.32 Å². The minimum Gasteiger partial charge on any atom is -0.326 e. The molecule has 3 nitrogen and oxygen atoms in total. The fourth-order valence-electron chi connectivity index (χ4n) is 3.28. The molecule has 126 valence electrons. The van der Waals surface area contributed by atoms with E-state index in [9.17, 15) is 22.4 Å². The number of carbonyl (C=O) groups is 1. The Kier molecular flexibility index (Phi) is 4.73. The molecule has 0 heterocycles. The largest absolute Gasteiger partial charge is 0.419 e. The second-order valence-electron chi connectivity index (χ2n) is 5.73. The zero-order valence-electron chi connectivity index (χ0n) is 11.8. The van der Waals surface area contributed by atoms with Gasteiger partial charge in [0.25, 0.3) is 0 Å². The van der Waals surface area contributed by atoms with Gasteiger partial charge in [0.1, 0.15) is 5.82 Å². The molecule has 0 radical (unpaired) electrons. The third-order valence-electron chi connectivity index (χ3n) is 4.36. The molecule has 3 rings (SSSR count). The third kappa shape index (κ3) is 3.21. The van der Waals surface area contributed by atoms with Crippen molar-refractivity contribution in [1.29, 1.82) is 0 Å². The van der Waals surface area contributed by atoms with Gasteiger partial charge in [0.15, 0.2) is 0 Å². The predicted molar refractivity (Wildman–Crippen MR) is 79.5 cm³/mol. The number of alkyl halides is 3. The number of carbonyl (C=O) groups excluding carboxylic acids is 1. The molecule has 4 atom stereocenters. The van der Waals surface area contributed by atoms with Crippen LogP contribution in [0.4, 0.5) is 23.2 Å². The van der Waals surface area contributed by atoms with Crippen LogP contribution < -0.4 is 11.1 Å². The molecule has 1 aromatic rings. The summed E-state index contributed by atoms with van der Waals surface area (Å²) in [6, 6.07) is 2.07. The lowest BCUT2D eigenvalue weighted by Crippen LogP contribution is -2.41. The summed E-state index contributed by atoms with van der Waals surface area (Å²) in [4.78, 5) is 12.3. The van der Waals surface area contributed by atoms with E-state index < -0.39 is 29.4 Å². The Bertz CT molecular complexity index is 647. The average Bonchev–Trinajstić information content (AvgIpc) is 3.00. The van der Waals surface area contributed by atoms with Gasteiger partial charge in [0.2, 0.25) is 5.91 Å². The summed E-state index contributed by atoms with van der Waals surface area (Å²) in [6.07, 6.45) is -0.129. The van der Waals surface area contributed by atoms with Gasteiger partial charge in [0.05, 0.1) is 11.5 Å². The Morgan fingerprint density at radius 1 is 1.22 bits per heavy atom. The number of nitrogens with two attached hydrogens (primary N) is 1. The van der Waals surface area contributed by atoms with Crippen LogP contribution >= 0.6 is 12.4 Å². The van der Waals surface area contributed by atoms with Crippen molar-refractivity contribution in [3.05, 3.63) is 41.7 Å². The van der Waals surface area contributed by atoms with Crippen LogP contribution in [0.5, 0.6) is 0 Å². The number of fused-ring (bicyclic) bond motifs is 2. The summed E-state index contributed by atoms with van der Waals surface area (Å²) in [7, 11) is 0. The Labute approximate surface area is 136 Å². The topological polar surface area (TPSA) is 55.1 Å². The van der Waals surface area contributed by atoms with Gasteiger partial charge in [0, 0.05) is 11.7 Å². The lowest BCUT2D eigenvalue weighted by molar-refractivity contribution is -0.140. The van der Waals surface area contributed by atoms with Crippen LogP contribution in [0.15, 0.2) is 30.4 Å². The average molecular weight is 351 g/mol. The molecule has 1 aromatic carbocycles. The Balaban J connectivity index is 0.00000192. The van der Waals surface area contributed by atoms with Crippen molar-refractivity contribution in [1.82, 2.24) is 0 Å². The number of amides is 1. The highest BCUT2D eigenvalue weighted by Gasteiger charge is 2.46. The monoisotopic (exact) mass is 350 g/mol. The SMILES string of the molecule is Cl.N[C@@H]1[C@H](C(=O)Nc2ccc(F)c(C(F)(F)F)c2)[C@H]2C=C[C@@H]1C2. The summed E-state index contributed by atoms with van der Waals surface area (Å²) >= 11 is 0. The first kappa shape index (κ1) is 17.7. The Morgan fingerprint density at radius 3 is 2.43 bits per heavy atom. The first-order chi connectivity index (χ1) is 10.3.